The number of amides is 1. The van der Waals surface area contributed by atoms with Gasteiger partial charge in [0.05, 0.1) is 22.8 Å². The van der Waals surface area contributed by atoms with Gasteiger partial charge in [0, 0.05) is 18.0 Å². The zero-order valence-electron chi connectivity index (χ0n) is 13.5. The maximum absolute atomic E-state index is 13.0. The van der Waals surface area contributed by atoms with Crippen molar-refractivity contribution in [1.29, 1.82) is 0 Å². The number of benzene rings is 1. The predicted molar refractivity (Wildman–Crippen MR) is 96.6 cm³/mol. The summed E-state index contributed by atoms with van der Waals surface area (Å²) in [6.07, 6.45) is 3.05. The molecule has 1 N–H and O–H groups in total. The first-order valence-electron chi connectivity index (χ1n) is 7.98. The molecule has 0 fully saturated rings. The van der Waals surface area contributed by atoms with Crippen LogP contribution in [0.15, 0.2) is 46.8 Å². The average Bonchev–Trinajstić information content (AvgIpc) is 3.11. The summed E-state index contributed by atoms with van der Waals surface area (Å²) in [6.45, 7) is 3.35. The zero-order chi connectivity index (χ0) is 16.9. The van der Waals surface area contributed by atoms with Crippen molar-refractivity contribution in [2.45, 2.75) is 19.8 Å². The minimum atomic E-state index is -0.279. The fraction of sp³-hybridized carbons (Fsp3) is 0.278. The Hall–Kier alpha value is -2.47. The highest BCUT2D eigenvalue weighted by Gasteiger charge is 2.19. The van der Waals surface area contributed by atoms with Crippen LogP contribution in [0.5, 0.6) is 0 Å². The van der Waals surface area contributed by atoms with Crippen molar-refractivity contribution >= 4 is 28.1 Å². The van der Waals surface area contributed by atoms with E-state index in [0.717, 1.165) is 12.8 Å². The number of aromatic nitrogens is 2. The highest BCUT2D eigenvalue weighted by molar-refractivity contribution is 7.09. The van der Waals surface area contributed by atoms with Gasteiger partial charge >= 0.3 is 0 Å². The Morgan fingerprint density at radius 1 is 1.25 bits per heavy atom. The van der Waals surface area contributed by atoms with E-state index in [0.29, 0.717) is 29.6 Å². The Bertz CT molecular complexity index is 881. The fourth-order valence-corrected chi connectivity index (χ4v) is 3.45. The Morgan fingerprint density at radius 2 is 2.12 bits per heavy atom. The van der Waals surface area contributed by atoms with Crippen LogP contribution in [0.2, 0.25) is 0 Å². The number of nitrogens with zero attached hydrogens (tertiary/aromatic N) is 2. The second kappa shape index (κ2) is 7.40. The minimum absolute atomic E-state index is 0.113. The summed E-state index contributed by atoms with van der Waals surface area (Å²) < 4.78 is 0. The van der Waals surface area contributed by atoms with E-state index in [1.165, 1.54) is 11.2 Å². The summed E-state index contributed by atoms with van der Waals surface area (Å²) >= 11 is 1.69. The molecule has 5 nitrogen and oxygen atoms in total. The molecule has 0 atom stereocenters. The molecule has 6 heteroatoms. The molecule has 0 aliphatic heterocycles. The maximum Gasteiger partial charge on any atom is 0.259 e. The van der Waals surface area contributed by atoms with Crippen LogP contribution in [0.1, 0.15) is 28.6 Å². The number of aromatic amines is 1. The molecule has 0 unspecified atom stereocenters. The van der Waals surface area contributed by atoms with Crippen LogP contribution in [-0.4, -0.2) is 33.9 Å². The molecule has 0 aliphatic rings. The van der Waals surface area contributed by atoms with Crippen LogP contribution < -0.4 is 5.56 Å². The van der Waals surface area contributed by atoms with E-state index in [2.05, 4.69) is 16.0 Å². The summed E-state index contributed by atoms with van der Waals surface area (Å²) in [7, 11) is 0. The molecule has 0 spiro atoms. The Morgan fingerprint density at radius 3 is 2.88 bits per heavy atom. The average molecular weight is 341 g/mol. The van der Waals surface area contributed by atoms with Gasteiger partial charge in [-0.25, -0.2) is 4.98 Å². The van der Waals surface area contributed by atoms with Crippen molar-refractivity contribution in [1.82, 2.24) is 14.9 Å². The number of thiophene rings is 1. The number of H-pyrrole nitrogens is 1. The molecule has 1 amide bonds. The van der Waals surface area contributed by atoms with Crippen LogP contribution >= 0.6 is 11.3 Å². The van der Waals surface area contributed by atoms with Gasteiger partial charge < -0.3 is 9.88 Å². The van der Waals surface area contributed by atoms with Crippen LogP contribution in [0.25, 0.3) is 10.9 Å². The highest BCUT2D eigenvalue weighted by Crippen LogP contribution is 2.16. The molecule has 3 rings (SSSR count). The van der Waals surface area contributed by atoms with Crippen molar-refractivity contribution in [2.75, 3.05) is 13.1 Å². The van der Waals surface area contributed by atoms with Crippen LogP contribution in [-0.2, 0) is 6.42 Å². The molecule has 0 radical (unpaired) electrons. The molecule has 1 aromatic carbocycles. The molecule has 124 valence electrons. The zero-order valence-corrected chi connectivity index (χ0v) is 14.3. The first-order chi connectivity index (χ1) is 11.7. The summed E-state index contributed by atoms with van der Waals surface area (Å²) in [5.74, 6) is -0.113. The first-order valence-corrected chi connectivity index (χ1v) is 8.86. The number of carbonyl (C=O) groups is 1. The third kappa shape index (κ3) is 3.38. The van der Waals surface area contributed by atoms with E-state index in [1.807, 2.05) is 23.3 Å². The van der Waals surface area contributed by atoms with Crippen molar-refractivity contribution in [3.05, 3.63) is 62.8 Å². The fourth-order valence-electron chi connectivity index (χ4n) is 2.75. The molecule has 0 saturated heterocycles. The quantitative estimate of drug-likeness (QED) is 0.749. The Kier molecular flexibility index (Phi) is 5.05. The standard InChI is InChI=1S/C18H19N3O2S/c1-2-9-21(10-8-13-5-4-11-24-13)18(23)14-6-3-7-15-16(14)17(22)20-12-19-15/h3-7,11-12H,2,8-10H2,1H3,(H,19,20,22). The van der Waals surface area contributed by atoms with Gasteiger partial charge in [-0.2, -0.15) is 0 Å². The lowest BCUT2D eigenvalue weighted by Crippen LogP contribution is -2.34. The van der Waals surface area contributed by atoms with Crippen molar-refractivity contribution in [3.8, 4) is 0 Å². The lowest BCUT2D eigenvalue weighted by Gasteiger charge is -2.22. The van der Waals surface area contributed by atoms with Crippen LogP contribution in [0.4, 0.5) is 0 Å². The van der Waals surface area contributed by atoms with Gasteiger partial charge in [-0.05, 0) is 36.4 Å². The number of nitrogens with one attached hydrogen (secondary N) is 1. The number of hydrogen-bond acceptors (Lipinski definition) is 4. The van der Waals surface area contributed by atoms with Crippen molar-refractivity contribution < 1.29 is 4.79 Å². The van der Waals surface area contributed by atoms with Crippen molar-refractivity contribution in [3.63, 3.8) is 0 Å². The Labute approximate surface area is 144 Å². The summed E-state index contributed by atoms with van der Waals surface area (Å²) in [4.78, 5) is 35.0. The van der Waals surface area contributed by atoms with Gasteiger partial charge in [0.15, 0.2) is 0 Å². The second-order valence-corrected chi connectivity index (χ2v) is 6.59. The predicted octanol–water partition coefficient (Wildman–Crippen LogP) is 3.08. The van der Waals surface area contributed by atoms with E-state index >= 15 is 0 Å². The second-order valence-electron chi connectivity index (χ2n) is 5.55. The minimum Gasteiger partial charge on any atom is -0.338 e. The van der Waals surface area contributed by atoms with Gasteiger partial charge in [0.2, 0.25) is 0 Å². The molecule has 2 aromatic heterocycles. The molecule has 0 aliphatic carbocycles. The van der Waals surface area contributed by atoms with Gasteiger partial charge in [-0.1, -0.05) is 19.1 Å². The van der Waals surface area contributed by atoms with E-state index in [-0.39, 0.29) is 11.5 Å². The Balaban J connectivity index is 1.91. The summed E-state index contributed by atoms with van der Waals surface area (Å²) in [5, 5.41) is 2.40. The number of carbonyl (C=O) groups excluding carboxylic acids is 1. The van der Waals surface area contributed by atoms with E-state index in [9.17, 15) is 9.59 Å². The largest absolute Gasteiger partial charge is 0.338 e. The lowest BCUT2D eigenvalue weighted by atomic mass is 10.1. The third-order valence-electron chi connectivity index (χ3n) is 3.89. The lowest BCUT2D eigenvalue weighted by molar-refractivity contribution is 0.0759. The van der Waals surface area contributed by atoms with Crippen molar-refractivity contribution in [2.24, 2.45) is 0 Å². The van der Waals surface area contributed by atoms with E-state index in [1.54, 1.807) is 29.5 Å². The smallest absolute Gasteiger partial charge is 0.259 e. The van der Waals surface area contributed by atoms with E-state index in [4.69, 9.17) is 0 Å². The highest BCUT2D eigenvalue weighted by atomic mass is 32.1. The number of fused-ring (bicyclic) bond motifs is 1. The normalized spacial score (nSPS) is 10.9. The summed E-state index contributed by atoms with van der Waals surface area (Å²) in [6, 6.07) is 9.31. The van der Waals surface area contributed by atoms with Crippen LogP contribution in [0, 0.1) is 0 Å². The SMILES string of the molecule is CCCN(CCc1cccs1)C(=O)c1cccc2nc[nH]c(=O)c12. The molecule has 0 bridgehead atoms. The maximum atomic E-state index is 13.0. The van der Waals surface area contributed by atoms with Gasteiger partial charge in [0.25, 0.3) is 11.5 Å². The molecular weight excluding hydrogens is 322 g/mol. The number of rotatable bonds is 6. The third-order valence-corrected chi connectivity index (χ3v) is 4.82. The molecule has 24 heavy (non-hydrogen) atoms. The van der Waals surface area contributed by atoms with E-state index < -0.39 is 0 Å². The number of hydrogen-bond donors (Lipinski definition) is 1. The summed E-state index contributed by atoms with van der Waals surface area (Å²) in [5.41, 5.74) is 0.680. The molecular formula is C18H19N3O2S. The van der Waals surface area contributed by atoms with Gasteiger partial charge in [-0.3, -0.25) is 9.59 Å². The molecule has 2 heterocycles. The van der Waals surface area contributed by atoms with Gasteiger partial charge in [0.1, 0.15) is 0 Å². The first kappa shape index (κ1) is 16.4. The monoisotopic (exact) mass is 341 g/mol. The molecule has 0 saturated carbocycles. The molecule has 3 aromatic rings. The topological polar surface area (TPSA) is 66.1 Å². The van der Waals surface area contributed by atoms with Crippen LogP contribution in [0.3, 0.4) is 0 Å². The van der Waals surface area contributed by atoms with Gasteiger partial charge in [-0.15, -0.1) is 11.3 Å².